The largest absolute Gasteiger partial charge is 0.497 e. The molecule has 198 valence electrons. The first-order chi connectivity index (χ1) is 17.2. The van der Waals surface area contributed by atoms with Crippen LogP contribution in [0.25, 0.3) is 0 Å². The monoisotopic (exact) mass is 503 g/mol. The summed E-state index contributed by atoms with van der Waals surface area (Å²) in [6, 6.07) is 3.99. The lowest BCUT2D eigenvalue weighted by Gasteiger charge is -2.42. The minimum atomic E-state index is -0.790. The molecule has 11 heteroatoms. The van der Waals surface area contributed by atoms with Crippen LogP contribution >= 0.6 is 0 Å². The molecule has 0 radical (unpaired) electrons. The maximum absolute atomic E-state index is 13.3. The Balaban J connectivity index is 2.01. The van der Waals surface area contributed by atoms with Gasteiger partial charge in [-0.3, -0.25) is 9.80 Å². The zero-order chi connectivity index (χ0) is 26.4. The Morgan fingerprint density at radius 3 is 2.53 bits per heavy atom. The Hall–Kier alpha value is -3.47. The molecule has 4 amide bonds. The Morgan fingerprint density at radius 2 is 1.92 bits per heavy atom. The molecule has 0 aliphatic carbocycles. The van der Waals surface area contributed by atoms with Crippen molar-refractivity contribution in [1.82, 2.24) is 25.3 Å². The van der Waals surface area contributed by atoms with Crippen LogP contribution in [0.2, 0.25) is 0 Å². The molecule has 1 aromatic rings. The van der Waals surface area contributed by atoms with E-state index in [2.05, 4.69) is 15.5 Å². The maximum Gasteiger partial charge on any atom is 0.338 e. The van der Waals surface area contributed by atoms with Gasteiger partial charge >= 0.3 is 18.0 Å². The van der Waals surface area contributed by atoms with E-state index in [9.17, 15) is 14.4 Å². The van der Waals surface area contributed by atoms with Crippen LogP contribution in [0.4, 0.5) is 9.59 Å². The van der Waals surface area contributed by atoms with Crippen LogP contribution in [0.5, 0.6) is 11.5 Å². The molecule has 0 unspecified atom stereocenters. The van der Waals surface area contributed by atoms with Crippen LogP contribution < -0.4 is 20.1 Å². The minimum absolute atomic E-state index is 0.0334. The van der Waals surface area contributed by atoms with Crippen molar-refractivity contribution in [1.29, 1.82) is 0 Å². The van der Waals surface area contributed by atoms with Gasteiger partial charge in [-0.1, -0.05) is 0 Å². The zero-order valence-corrected chi connectivity index (χ0v) is 21.9. The van der Waals surface area contributed by atoms with E-state index in [0.717, 1.165) is 0 Å². The van der Waals surface area contributed by atoms with Crippen molar-refractivity contribution in [3.63, 3.8) is 0 Å². The molecule has 0 bridgehead atoms. The van der Waals surface area contributed by atoms with Gasteiger partial charge in [0.1, 0.15) is 11.5 Å². The maximum atomic E-state index is 13.3. The number of hydrogen-bond donors (Lipinski definition) is 2. The van der Waals surface area contributed by atoms with Crippen molar-refractivity contribution in [3.05, 3.63) is 35.0 Å². The molecule has 2 N–H and O–H groups in total. The standard InChI is InChI=1S/C25H37N5O6/c1-7-26-24(32)30-12-11-29(14-16(30)3)15-19-21(23(31)36-8-2)22(27-25(33)28(19)4)18-13-17(34-5)9-10-20(18)35-6/h9-10,13,16,22H,7-8,11-12,14-15H2,1-6H3,(H,26,32)(H,27,33)/t16-,22-/m1/s1. The van der Waals surface area contributed by atoms with Crippen LogP contribution in [-0.4, -0.2) is 99.4 Å². The third-order valence-electron chi connectivity index (χ3n) is 6.49. The molecule has 0 saturated carbocycles. The van der Waals surface area contributed by atoms with Gasteiger partial charge < -0.3 is 29.7 Å². The topological polar surface area (TPSA) is 113 Å². The number of amides is 4. The summed E-state index contributed by atoms with van der Waals surface area (Å²) in [5.41, 5.74) is 1.48. The van der Waals surface area contributed by atoms with Crippen molar-refractivity contribution < 1.29 is 28.6 Å². The Kier molecular flexibility index (Phi) is 9.03. The zero-order valence-electron chi connectivity index (χ0n) is 21.9. The first-order valence-electron chi connectivity index (χ1n) is 12.2. The number of carbonyl (C=O) groups is 3. The van der Waals surface area contributed by atoms with Crippen LogP contribution in [0.1, 0.15) is 32.4 Å². The second kappa shape index (κ2) is 12.0. The second-order valence-electron chi connectivity index (χ2n) is 8.74. The van der Waals surface area contributed by atoms with Crippen molar-refractivity contribution >= 4 is 18.0 Å². The molecule has 2 atom stereocenters. The van der Waals surface area contributed by atoms with Gasteiger partial charge in [-0.05, 0) is 39.0 Å². The molecule has 2 aliphatic rings. The number of likely N-dealkylation sites (N-methyl/N-ethyl adjacent to an activating group) is 1. The number of esters is 1. The summed E-state index contributed by atoms with van der Waals surface area (Å²) in [4.78, 5) is 44.1. The van der Waals surface area contributed by atoms with E-state index in [4.69, 9.17) is 14.2 Å². The fourth-order valence-electron chi connectivity index (χ4n) is 4.64. The van der Waals surface area contributed by atoms with Crippen LogP contribution in [0.3, 0.4) is 0 Å². The number of methoxy groups -OCH3 is 2. The smallest absolute Gasteiger partial charge is 0.338 e. The number of carbonyl (C=O) groups excluding carboxylic acids is 3. The van der Waals surface area contributed by atoms with E-state index in [1.807, 2.05) is 18.7 Å². The summed E-state index contributed by atoms with van der Waals surface area (Å²) < 4.78 is 16.4. The van der Waals surface area contributed by atoms with Crippen LogP contribution in [-0.2, 0) is 9.53 Å². The predicted molar refractivity (Wildman–Crippen MR) is 134 cm³/mol. The highest BCUT2D eigenvalue weighted by molar-refractivity contribution is 5.95. The highest BCUT2D eigenvalue weighted by Crippen LogP contribution is 2.38. The number of benzene rings is 1. The van der Waals surface area contributed by atoms with Crippen molar-refractivity contribution in [2.75, 3.05) is 60.6 Å². The van der Waals surface area contributed by atoms with Gasteiger partial charge in [-0.15, -0.1) is 0 Å². The lowest BCUT2D eigenvalue weighted by Crippen LogP contribution is -2.57. The summed E-state index contributed by atoms with van der Waals surface area (Å²) in [6.07, 6.45) is 0. The fourth-order valence-corrected chi connectivity index (χ4v) is 4.64. The van der Waals surface area contributed by atoms with E-state index in [0.29, 0.717) is 61.1 Å². The lowest BCUT2D eigenvalue weighted by atomic mass is 9.93. The molecule has 1 aromatic carbocycles. The highest BCUT2D eigenvalue weighted by atomic mass is 16.5. The SMILES string of the molecule is CCNC(=O)N1CCN(CC2=C(C(=O)OCC)[C@@H](c3cc(OC)ccc3OC)NC(=O)N2C)C[C@H]1C. The molecular formula is C25H37N5O6. The molecule has 1 fully saturated rings. The molecule has 1 saturated heterocycles. The average molecular weight is 504 g/mol. The van der Waals surface area contributed by atoms with Crippen molar-refractivity contribution in [2.45, 2.75) is 32.9 Å². The van der Waals surface area contributed by atoms with Crippen LogP contribution in [0.15, 0.2) is 29.5 Å². The Morgan fingerprint density at radius 1 is 1.17 bits per heavy atom. The summed E-state index contributed by atoms with van der Waals surface area (Å²) in [5.74, 6) is 0.568. The van der Waals surface area contributed by atoms with Crippen molar-refractivity contribution in [2.24, 2.45) is 0 Å². The van der Waals surface area contributed by atoms with E-state index >= 15 is 0 Å². The normalized spacial score (nSPS) is 20.7. The number of ether oxygens (including phenoxy) is 3. The summed E-state index contributed by atoms with van der Waals surface area (Å²) in [5, 5.41) is 5.77. The van der Waals surface area contributed by atoms with Gasteiger partial charge in [0, 0.05) is 57.1 Å². The lowest BCUT2D eigenvalue weighted by molar-refractivity contribution is -0.139. The number of piperazine rings is 1. The molecule has 2 aliphatic heterocycles. The molecule has 36 heavy (non-hydrogen) atoms. The molecule has 2 heterocycles. The van der Waals surface area contributed by atoms with Gasteiger partial charge in [-0.2, -0.15) is 0 Å². The molecular weight excluding hydrogens is 466 g/mol. The number of nitrogens with zero attached hydrogens (tertiary/aromatic N) is 3. The van der Waals surface area contributed by atoms with E-state index in [1.165, 1.54) is 12.0 Å². The second-order valence-corrected chi connectivity index (χ2v) is 8.74. The first-order valence-corrected chi connectivity index (χ1v) is 12.2. The number of hydrogen-bond acceptors (Lipinski definition) is 7. The first kappa shape index (κ1) is 27.1. The summed E-state index contributed by atoms with van der Waals surface area (Å²) in [7, 11) is 4.72. The number of urea groups is 2. The Bertz CT molecular complexity index is 1010. The number of rotatable bonds is 8. The van der Waals surface area contributed by atoms with Gasteiger partial charge in [-0.25, -0.2) is 14.4 Å². The van der Waals surface area contributed by atoms with E-state index < -0.39 is 12.0 Å². The van der Waals surface area contributed by atoms with Crippen LogP contribution in [0, 0.1) is 0 Å². The van der Waals surface area contributed by atoms with Gasteiger partial charge in [0.25, 0.3) is 0 Å². The number of nitrogens with one attached hydrogen (secondary N) is 2. The average Bonchev–Trinajstić information content (AvgIpc) is 2.86. The molecule has 3 rings (SSSR count). The van der Waals surface area contributed by atoms with Gasteiger partial charge in [0.2, 0.25) is 0 Å². The summed E-state index contributed by atoms with van der Waals surface area (Å²) in [6.45, 7) is 8.46. The Labute approximate surface area is 212 Å². The van der Waals surface area contributed by atoms with Gasteiger partial charge in [0.15, 0.2) is 0 Å². The van der Waals surface area contributed by atoms with Gasteiger partial charge in [0.05, 0.1) is 32.4 Å². The molecule has 0 spiro atoms. The quantitative estimate of drug-likeness (QED) is 0.522. The minimum Gasteiger partial charge on any atom is -0.497 e. The fraction of sp³-hybridized carbons (Fsp3) is 0.560. The third kappa shape index (κ3) is 5.67. The van der Waals surface area contributed by atoms with E-state index in [1.54, 1.807) is 39.3 Å². The van der Waals surface area contributed by atoms with E-state index in [-0.39, 0.29) is 24.7 Å². The third-order valence-corrected chi connectivity index (χ3v) is 6.49. The highest BCUT2D eigenvalue weighted by Gasteiger charge is 2.39. The van der Waals surface area contributed by atoms with Crippen molar-refractivity contribution in [3.8, 4) is 11.5 Å². The predicted octanol–water partition coefficient (Wildman–Crippen LogP) is 1.95. The molecule has 11 nitrogen and oxygen atoms in total. The molecule has 0 aromatic heterocycles. The summed E-state index contributed by atoms with van der Waals surface area (Å²) >= 11 is 0.